The van der Waals surface area contributed by atoms with Crippen molar-refractivity contribution in [1.29, 1.82) is 0 Å². The summed E-state index contributed by atoms with van der Waals surface area (Å²) in [7, 11) is 0. The van der Waals surface area contributed by atoms with Crippen LogP contribution in [0.15, 0.2) is 30.3 Å². The lowest BCUT2D eigenvalue weighted by Gasteiger charge is -2.09. The Bertz CT molecular complexity index is 447. The lowest BCUT2D eigenvalue weighted by Crippen LogP contribution is -2.43. The highest BCUT2D eigenvalue weighted by atomic mass is 16.4. The molecule has 96 valence electrons. The number of hydrogen-bond donors (Lipinski definition) is 3. The number of aliphatic carboxylic acids is 1. The average molecular weight is 248 g/mol. The normalized spacial score (nSPS) is 23.2. The average Bonchev–Trinajstić information content (AvgIpc) is 3.08. The molecule has 1 aromatic rings. The van der Waals surface area contributed by atoms with Gasteiger partial charge < -0.3 is 16.2 Å². The third-order valence-electron chi connectivity index (χ3n) is 3.08. The summed E-state index contributed by atoms with van der Waals surface area (Å²) < 4.78 is 0. The fraction of sp³-hybridized carbons (Fsp3) is 0.385. The zero-order valence-electron chi connectivity index (χ0n) is 9.87. The van der Waals surface area contributed by atoms with Crippen LogP contribution in [-0.4, -0.2) is 29.1 Å². The maximum atomic E-state index is 11.6. The Balaban J connectivity index is 1.83. The maximum Gasteiger partial charge on any atom is 0.305 e. The first kappa shape index (κ1) is 12.6. The van der Waals surface area contributed by atoms with Gasteiger partial charge in [-0.25, -0.2) is 0 Å². The van der Waals surface area contributed by atoms with Crippen molar-refractivity contribution in [2.75, 3.05) is 0 Å². The number of carbonyl (C=O) groups is 2. The van der Waals surface area contributed by atoms with Crippen molar-refractivity contribution in [1.82, 2.24) is 5.32 Å². The van der Waals surface area contributed by atoms with Crippen molar-refractivity contribution in [3.8, 4) is 0 Å². The molecule has 2 rings (SSSR count). The third-order valence-corrected chi connectivity index (χ3v) is 3.08. The highest BCUT2D eigenvalue weighted by Gasteiger charge is 2.40. The SMILES string of the molecule is N[C@H](CC(=O)O)C(=O)N[C@H]1C[C@H]1c1ccccc1. The Morgan fingerprint density at radius 1 is 1.39 bits per heavy atom. The van der Waals surface area contributed by atoms with Crippen LogP contribution in [0.5, 0.6) is 0 Å². The summed E-state index contributed by atoms with van der Waals surface area (Å²) in [6.45, 7) is 0. The van der Waals surface area contributed by atoms with E-state index in [1.165, 1.54) is 5.56 Å². The first-order valence-corrected chi connectivity index (χ1v) is 5.90. The van der Waals surface area contributed by atoms with Gasteiger partial charge in [0, 0.05) is 12.0 Å². The van der Waals surface area contributed by atoms with Crippen molar-refractivity contribution in [2.24, 2.45) is 5.73 Å². The second-order valence-electron chi connectivity index (χ2n) is 4.57. The van der Waals surface area contributed by atoms with Crippen molar-refractivity contribution < 1.29 is 14.7 Å². The van der Waals surface area contributed by atoms with E-state index in [1.54, 1.807) is 0 Å². The van der Waals surface area contributed by atoms with Crippen LogP contribution in [0, 0.1) is 0 Å². The van der Waals surface area contributed by atoms with Crippen LogP contribution in [0.25, 0.3) is 0 Å². The van der Waals surface area contributed by atoms with Gasteiger partial charge in [0.25, 0.3) is 0 Å². The molecule has 3 atom stereocenters. The van der Waals surface area contributed by atoms with Crippen molar-refractivity contribution in [3.05, 3.63) is 35.9 Å². The Kier molecular flexibility index (Phi) is 3.62. The van der Waals surface area contributed by atoms with Crippen LogP contribution < -0.4 is 11.1 Å². The Hall–Kier alpha value is -1.88. The molecule has 0 aliphatic heterocycles. The van der Waals surface area contributed by atoms with Gasteiger partial charge >= 0.3 is 5.97 Å². The van der Waals surface area contributed by atoms with Crippen LogP contribution in [0.2, 0.25) is 0 Å². The molecule has 1 saturated carbocycles. The van der Waals surface area contributed by atoms with Crippen molar-refractivity contribution in [3.63, 3.8) is 0 Å². The molecule has 1 aromatic carbocycles. The Morgan fingerprint density at radius 2 is 2.06 bits per heavy atom. The largest absolute Gasteiger partial charge is 0.481 e. The van der Waals surface area contributed by atoms with Gasteiger partial charge in [0.2, 0.25) is 5.91 Å². The van der Waals surface area contributed by atoms with E-state index in [1.807, 2.05) is 30.3 Å². The first-order valence-electron chi connectivity index (χ1n) is 5.90. The molecule has 18 heavy (non-hydrogen) atoms. The maximum absolute atomic E-state index is 11.6. The quantitative estimate of drug-likeness (QED) is 0.706. The molecular weight excluding hydrogens is 232 g/mol. The fourth-order valence-electron chi connectivity index (χ4n) is 1.99. The summed E-state index contributed by atoms with van der Waals surface area (Å²) in [5.41, 5.74) is 6.67. The van der Waals surface area contributed by atoms with Crippen molar-refractivity contribution in [2.45, 2.75) is 30.8 Å². The highest BCUT2D eigenvalue weighted by molar-refractivity contribution is 5.86. The van der Waals surface area contributed by atoms with Gasteiger partial charge in [0.1, 0.15) is 0 Å². The molecule has 1 amide bonds. The monoisotopic (exact) mass is 248 g/mol. The molecule has 0 radical (unpaired) electrons. The Morgan fingerprint density at radius 3 is 2.67 bits per heavy atom. The molecule has 0 spiro atoms. The van der Waals surface area contributed by atoms with Gasteiger partial charge in [-0.05, 0) is 12.0 Å². The molecule has 5 nitrogen and oxygen atoms in total. The molecular formula is C13H16N2O3. The predicted molar refractivity (Wildman–Crippen MR) is 66.0 cm³/mol. The molecule has 1 fully saturated rings. The highest BCUT2D eigenvalue weighted by Crippen LogP contribution is 2.40. The predicted octanol–water partition coefficient (Wildman–Crippen LogP) is 0.461. The number of rotatable bonds is 5. The summed E-state index contributed by atoms with van der Waals surface area (Å²) in [5, 5.41) is 11.3. The Labute approximate surface area is 105 Å². The van der Waals surface area contributed by atoms with Gasteiger partial charge in [0.15, 0.2) is 0 Å². The van der Waals surface area contributed by atoms with Crippen LogP contribution in [0.1, 0.15) is 24.3 Å². The number of hydrogen-bond acceptors (Lipinski definition) is 3. The van der Waals surface area contributed by atoms with E-state index in [9.17, 15) is 9.59 Å². The van der Waals surface area contributed by atoms with Crippen LogP contribution in [0.3, 0.4) is 0 Å². The van der Waals surface area contributed by atoms with E-state index >= 15 is 0 Å². The van der Waals surface area contributed by atoms with E-state index in [4.69, 9.17) is 10.8 Å². The lowest BCUT2D eigenvalue weighted by atomic mass is 10.1. The molecule has 0 heterocycles. The minimum Gasteiger partial charge on any atom is -0.481 e. The third kappa shape index (κ3) is 3.07. The second-order valence-corrected chi connectivity index (χ2v) is 4.57. The minimum atomic E-state index is -1.06. The van der Waals surface area contributed by atoms with Gasteiger partial charge in [-0.2, -0.15) is 0 Å². The zero-order chi connectivity index (χ0) is 13.1. The molecule has 0 bridgehead atoms. The van der Waals surface area contributed by atoms with Crippen molar-refractivity contribution >= 4 is 11.9 Å². The van der Waals surface area contributed by atoms with Crippen LogP contribution >= 0.6 is 0 Å². The molecule has 0 unspecified atom stereocenters. The number of nitrogens with two attached hydrogens (primary N) is 1. The number of carboxylic acid groups (broad SMARTS) is 1. The molecule has 0 saturated heterocycles. The smallest absolute Gasteiger partial charge is 0.305 e. The second kappa shape index (κ2) is 5.18. The zero-order valence-corrected chi connectivity index (χ0v) is 9.87. The summed E-state index contributed by atoms with van der Waals surface area (Å²) in [6.07, 6.45) is 0.546. The van der Waals surface area contributed by atoms with E-state index in [-0.39, 0.29) is 18.4 Å². The van der Waals surface area contributed by atoms with Gasteiger partial charge in [-0.3, -0.25) is 9.59 Å². The molecule has 5 heteroatoms. The molecule has 1 aliphatic carbocycles. The minimum absolute atomic E-state index is 0.0831. The van der Waals surface area contributed by atoms with Gasteiger partial charge in [-0.1, -0.05) is 30.3 Å². The van der Waals surface area contributed by atoms with E-state index in [0.29, 0.717) is 5.92 Å². The van der Waals surface area contributed by atoms with E-state index < -0.39 is 12.0 Å². The fourth-order valence-corrected chi connectivity index (χ4v) is 1.99. The summed E-state index contributed by atoms with van der Waals surface area (Å²) in [5.74, 6) is -1.12. The number of amides is 1. The number of carboxylic acids is 1. The van der Waals surface area contributed by atoms with Gasteiger partial charge in [-0.15, -0.1) is 0 Å². The van der Waals surface area contributed by atoms with Crippen LogP contribution in [-0.2, 0) is 9.59 Å². The molecule has 0 aromatic heterocycles. The summed E-state index contributed by atoms with van der Waals surface area (Å²) >= 11 is 0. The van der Waals surface area contributed by atoms with Crippen LogP contribution in [0.4, 0.5) is 0 Å². The lowest BCUT2D eigenvalue weighted by molar-refractivity contribution is -0.139. The topological polar surface area (TPSA) is 92.4 Å². The van der Waals surface area contributed by atoms with Gasteiger partial charge in [0.05, 0.1) is 12.5 Å². The van der Waals surface area contributed by atoms with E-state index in [0.717, 1.165) is 6.42 Å². The molecule has 4 N–H and O–H groups in total. The number of carbonyl (C=O) groups excluding carboxylic acids is 1. The number of benzene rings is 1. The standard InChI is InChI=1S/C13H16N2O3/c14-10(7-12(16)17)13(18)15-11-6-9(11)8-4-2-1-3-5-8/h1-5,9-11H,6-7,14H2,(H,15,18)(H,16,17)/t9-,10+,11-/m0/s1. The number of nitrogens with one attached hydrogen (secondary N) is 1. The van der Waals surface area contributed by atoms with E-state index in [2.05, 4.69) is 5.32 Å². The molecule has 1 aliphatic rings. The first-order chi connectivity index (χ1) is 8.58. The summed E-state index contributed by atoms with van der Waals surface area (Å²) in [6, 6.07) is 9.02. The summed E-state index contributed by atoms with van der Waals surface area (Å²) in [4.78, 5) is 22.0.